The van der Waals surface area contributed by atoms with Crippen LogP contribution in [0.1, 0.15) is 23.3 Å². The molecule has 0 atom stereocenters. The van der Waals surface area contributed by atoms with E-state index in [0.717, 1.165) is 25.9 Å². The summed E-state index contributed by atoms with van der Waals surface area (Å²) in [6.45, 7) is 2.68. The summed E-state index contributed by atoms with van der Waals surface area (Å²) in [5.41, 5.74) is 0.0396. The van der Waals surface area contributed by atoms with Crippen molar-refractivity contribution in [3.05, 3.63) is 24.0 Å². The fourth-order valence-electron chi connectivity index (χ4n) is 2.35. The van der Waals surface area contributed by atoms with Gasteiger partial charge in [0.1, 0.15) is 0 Å². The van der Waals surface area contributed by atoms with Gasteiger partial charge in [-0.2, -0.15) is 0 Å². The molecule has 1 aliphatic heterocycles. The SMILES string of the molecule is CN1CCC(CNC(=O)Nc2cccnc2C(=O)O)CC1. The fraction of sp³-hybridized carbons (Fsp3) is 0.500. The number of pyridine rings is 1. The van der Waals surface area contributed by atoms with Gasteiger partial charge in [-0.05, 0) is 51.0 Å². The molecule has 0 aromatic carbocycles. The minimum atomic E-state index is -1.17. The van der Waals surface area contributed by atoms with E-state index in [-0.39, 0.29) is 11.4 Å². The summed E-state index contributed by atoms with van der Waals surface area (Å²) in [6.07, 6.45) is 3.50. The van der Waals surface area contributed by atoms with Gasteiger partial charge in [0.25, 0.3) is 0 Å². The minimum Gasteiger partial charge on any atom is -0.476 e. The molecule has 0 spiro atoms. The van der Waals surface area contributed by atoms with E-state index >= 15 is 0 Å². The van der Waals surface area contributed by atoms with Crippen LogP contribution < -0.4 is 10.6 Å². The number of carbonyl (C=O) groups excluding carboxylic acids is 1. The van der Waals surface area contributed by atoms with Gasteiger partial charge in [0, 0.05) is 12.7 Å². The van der Waals surface area contributed by atoms with Crippen molar-refractivity contribution in [3.63, 3.8) is 0 Å². The molecular weight excluding hydrogens is 272 g/mol. The predicted octanol–water partition coefficient (Wildman–Crippen LogP) is 1.24. The molecule has 1 aliphatic rings. The number of carbonyl (C=O) groups is 2. The van der Waals surface area contributed by atoms with Crippen LogP contribution in [0.4, 0.5) is 10.5 Å². The maximum Gasteiger partial charge on any atom is 0.356 e. The summed E-state index contributed by atoms with van der Waals surface area (Å²) >= 11 is 0. The summed E-state index contributed by atoms with van der Waals surface area (Å²) in [7, 11) is 2.09. The molecule has 1 saturated heterocycles. The molecule has 7 nitrogen and oxygen atoms in total. The Hall–Kier alpha value is -2.15. The number of rotatable bonds is 4. The molecule has 2 amide bonds. The molecule has 0 radical (unpaired) electrons. The molecule has 1 aromatic rings. The predicted molar refractivity (Wildman–Crippen MR) is 78.4 cm³/mol. The van der Waals surface area contributed by atoms with Crippen LogP contribution in [0.5, 0.6) is 0 Å². The highest BCUT2D eigenvalue weighted by atomic mass is 16.4. The van der Waals surface area contributed by atoms with Crippen molar-refractivity contribution < 1.29 is 14.7 Å². The molecule has 0 aliphatic carbocycles. The first-order chi connectivity index (χ1) is 10.1. The Bertz CT molecular complexity index is 513. The molecule has 2 rings (SSSR count). The second kappa shape index (κ2) is 7.03. The van der Waals surface area contributed by atoms with E-state index in [0.29, 0.717) is 12.5 Å². The van der Waals surface area contributed by atoms with Crippen molar-refractivity contribution in [2.45, 2.75) is 12.8 Å². The Balaban J connectivity index is 1.83. The number of nitrogens with zero attached hydrogens (tertiary/aromatic N) is 2. The smallest absolute Gasteiger partial charge is 0.356 e. The van der Waals surface area contributed by atoms with Gasteiger partial charge in [0.05, 0.1) is 5.69 Å². The molecule has 2 heterocycles. The molecular formula is C14H20N4O3. The Morgan fingerprint density at radius 2 is 2.14 bits per heavy atom. The van der Waals surface area contributed by atoms with Gasteiger partial charge < -0.3 is 20.6 Å². The summed E-state index contributed by atoms with van der Waals surface area (Å²) in [6, 6.07) is 2.70. The van der Waals surface area contributed by atoms with Crippen LogP contribution in [-0.4, -0.2) is 53.7 Å². The number of likely N-dealkylation sites (tertiary alicyclic amines) is 1. The third kappa shape index (κ3) is 4.42. The molecule has 3 N–H and O–H groups in total. The number of nitrogens with one attached hydrogen (secondary N) is 2. The first-order valence-electron chi connectivity index (χ1n) is 6.98. The largest absolute Gasteiger partial charge is 0.476 e. The molecule has 1 fully saturated rings. The first kappa shape index (κ1) is 15.2. The Morgan fingerprint density at radius 3 is 2.81 bits per heavy atom. The fourth-order valence-corrected chi connectivity index (χ4v) is 2.35. The number of aromatic carboxylic acids is 1. The van der Waals surface area contributed by atoms with Crippen molar-refractivity contribution in [1.29, 1.82) is 0 Å². The van der Waals surface area contributed by atoms with Crippen molar-refractivity contribution in [1.82, 2.24) is 15.2 Å². The number of anilines is 1. The number of amides is 2. The lowest BCUT2D eigenvalue weighted by molar-refractivity contribution is 0.0691. The quantitative estimate of drug-likeness (QED) is 0.776. The van der Waals surface area contributed by atoms with E-state index in [2.05, 4.69) is 27.6 Å². The highest BCUT2D eigenvalue weighted by molar-refractivity contribution is 5.98. The standard InChI is InChI=1S/C14H20N4O3/c1-18-7-4-10(5-8-18)9-16-14(21)17-11-3-2-6-15-12(11)13(19)20/h2-3,6,10H,4-5,7-9H2,1H3,(H,19,20)(H2,16,17,21). The maximum absolute atomic E-state index is 11.8. The van der Waals surface area contributed by atoms with Gasteiger partial charge in [0.2, 0.25) is 0 Å². The van der Waals surface area contributed by atoms with Gasteiger partial charge in [-0.1, -0.05) is 0 Å². The van der Waals surface area contributed by atoms with E-state index in [4.69, 9.17) is 5.11 Å². The molecule has 21 heavy (non-hydrogen) atoms. The first-order valence-corrected chi connectivity index (χ1v) is 6.98. The van der Waals surface area contributed by atoms with Crippen LogP contribution in [0.2, 0.25) is 0 Å². The van der Waals surface area contributed by atoms with E-state index in [1.165, 1.54) is 12.3 Å². The number of piperidine rings is 1. The van der Waals surface area contributed by atoms with E-state index < -0.39 is 12.0 Å². The second-order valence-electron chi connectivity index (χ2n) is 5.29. The zero-order valence-corrected chi connectivity index (χ0v) is 12.0. The van der Waals surface area contributed by atoms with E-state index in [9.17, 15) is 9.59 Å². The number of aromatic nitrogens is 1. The number of hydrogen-bond acceptors (Lipinski definition) is 4. The number of carboxylic acid groups (broad SMARTS) is 1. The summed E-state index contributed by atoms with van der Waals surface area (Å²) < 4.78 is 0. The summed E-state index contributed by atoms with van der Waals surface area (Å²) in [4.78, 5) is 28.9. The van der Waals surface area contributed by atoms with Crippen LogP contribution in [0.25, 0.3) is 0 Å². The molecule has 7 heteroatoms. The summed E-state index contributed by atoms with van der Waals surface area (Å²) in [5.74, 6) is -0.694. The lowest BCUT2D eigenvalue weighted by atomic mass is 9.97. The van der Waals surface area contributed by atoms with E-state index in [1.807, 2.05) is 0 Å². The topological polar surface area (TPSA) is 94.6 Å². The normalized spacial score (nSPS) is 16.4. The molecule has 114 valence electrons. The zero-order valence-electron chi connectivity index (χ0n) is 12.0. The number of urea groups is 1. The van der Waals surface area contributed by atoms with Gasteiger partial charge in [0.15, 0.2) is 5.69 Å². The highest BCUT2D eigenvalue weighted by Gasteiger charge is 2.18. The van der Waals surface area contributed by atoms with Gasteiger partial charge in [-0.15, -0.1) is 0 Å². The third-order valence-corrected chi connectivity index (χ3v) is 3.65. The zero-order chi connectivity index (χ0) is 15.2. The van der Waals surface area contributed by atoms with Crippen molar-refractivity contribution in [3.8, 4) is 0 Å². The van der Waals surface area contributed by atoms with Gasteiger partial charge in [-0.25, -0.2) is 14.6 Å². The summed E-state index contributed by atoms with van der Waals surface area (Å²) in [5, 5.41) is 14.3. The Morgan fingerprint density at radius 1 is 1.43 bits per heavy atom. The molecule has 0 unspecified atom stereocenters. The van der Waals surface area contributed by atoms with Crippen LogP contribution in [0.15, 0.2) is 18.3 Å². The van der Waals surface area contributed by atoms with Crippen LogP contribution in [0.3, 0.4) is 0 Å². The van der Waals surface area contributed by atoms with E-state index in [1.54, 1.807) is 6.07 Å². The van der Waals surface area contributed by atoms with Crippen LogP contribution in [0, 0.1) is 5.92 Å². The van der Waals surface area contributed by atoms with Crippen molar-refractivity contribution >= 4 is 17.7 Å². The van der Waals surface area contributed by atoms with Crippen molar-refractivity contribution in [2.24, 2.45) is 5.92 Å². The Kier molecular flexibility index (Phi) is 5.10. The highest BCUT2D eigenvalue weighted by Crippen LogP contribution is 2.15. The Labute approximate surface area is 123 Å². The van der Waals surface area contributed by atoms with Crippen LogP contribution >= 0.6 is 0 Å². The maximum atomic E-state index is 11.8. The van der Waals surface area contributed by atoms with Gasteiger partial charge in [-0.3, -0.25) is 0 Å². The molecule has 0 saturated carbocycles. The number of hydrogen-bond donors (Lipinski definition) is 3. The minimum absolute atomic E-state index is 0.160. The van der Waals surface area contributed by atoms with Crippen molar-refractivity contribution in [2.75, 3.05) is 32.0 Å². The van der Waals surface area contributed by atoms with Gasteiger partial charge >= 0.3 is 12.0 Å². The lowest BCUT2D eigenvalue weighted by Gasteiger charge is -2.28. The van der Waals surface area contributed by atoms with Crippen LogP contribution in [-0.2, 0) is 0 Å². The average molecular weight is 292 g/mol. The monoisotopic (exact) mass is 292 g/mol. The second-order valence-corrected chi connectivity index (χ2v) is 5.29. The molecule has 1 aromatic heterocycles. The molecule has 0 bridgehead atoms. The number of carboxylic acids is 1. The third-order valence-electron chi connectivity index (χ3n) is 3.65. The lowest BCUT2D eigenvalue weighted by Crippen LogP contribution is -2.38. The average Bonchev–Trinajstić information content (AvgIpc) is 2.47.